The second-order valence-corrected chi connectivity index (χ2v) is 5.04. The molecule has 1 aromatic carbocycles. The van der Waals surface area contributed by atoms with Gasteiger partial charge in [-0.2, -0.15) is 0 Å². The number of nitrogens with two attached hydrogens (primary N) is 2. The van der Waals surface area contributed by atoms with Crippen molar-refractivity contribution in [2.75, 3.05) is 19.6 Å². The third-order valence-corrected chi connectivity index (χ3v) is 3.77. The molecule has 0 bridgehead atoms. The molecular weight excluding hydrogens is 245 g/mol. The van der Waals surface area contributed by atoms with Gasteiger partial charge in [0.15, 0.2) is 0 Å². The molecule has 0 aromatic heterocycles. The highest BCUT2D eigenvalue weighted by Gasteiger charge is 2.28. The summed E-state index contributed by atoms with van der Waals surface area (Å²) in [6.07, 6.45) is 1.78. The molecule has 2 atom stereocenters. The highest BCUT2D eigenvalue weighted by molar-refractivity contribution is 5.76. The molecule has 0 spiro atoms. The fourth-order valence-corrected chi connectivity index (χ4v) is 2.70. The SMILES string of the molecule is NCC(c1ccc(F)cc1)N1CCCC(C(N)=O)C1. The molecule has 1 saturated heterocycles. The van der Waals surface area contributed by atoms with Gasteiger partial charge in [-0.25, -0.2) is 4.39 Å². The number of carbonyl (C=O) groups is 1. The first kappa shape index (κ1) is 14.0. The van der Waals surface area contributed by atoms with Crippen molar-refractivity contribution >= 4 is 5.91 Å². The molecule has 2 unspecified atom stereocenters. The fraction of sp³-hybridized carbons (Fsp3) is 0.500. The predicted molar refractivity (Wildman–Crippen MR) is 71.7 cm³/mol. The van der Waals surface area contributed by atoms with Crippen molar-refractivity contribution < 1.29 is 9.18 Å². The molecule has 0 aliphatic carbocycles. The van der Waals surface area contributed by atoms with Gasteiger partial charge in [0.05, 0.1) is 5.92 Å². The first-order valence-corrected chi connectivity index (χ1v) is 6.60. The molecule has 1 aliphatic rings. The van der Waals surface area contributed by atoms with Gasteiger partial charge in [-0.05, 0) is 37.1 Å². The average molecular weight is 265 g/mol. The summed E-state index contributed by atoms with van der Waals surface area (Å²) in [5.41, 5.74) is 12.2. The lowest BCUT2D eigenvalue weighted by Gasteiger charge is -2.37. The summed E-state index contributed by atoms with van der Waals surface area (Å²) in [4.78, 5) is 13.5. The highest BCUT2D eigenvalue weighted by atomic mass is 19.1. The number of halogens is 1. The minimum absolute atomic E-state index is 0.0164. The van der Waals surface area contributed by atoms with Gasteiger partial charge in [0.2, 0.25) is 5.91 Å². The smallest absolute Gasteiger partial charge is 0.221 e. The Morgan fingerprint density at radius 1 is 1.42 bits per heavy atom. The van der Waals surface area contributed by atoms with Crippen LogP contribution in [0.3, 0.4) is 0 Å². The molecule has 4 nitrogen and oxygen atoms in total. The third kappa shape index (κ3) is 3.30. The van der Waals surface area contributed by atoms with E-state index in [1.807, 2.05) is 0 Å². The number of carbonyl (C=O) groups excluding carboxylic acids is 1. The quantitative estimate of drug-likeness (QED) is 0.854. The van der Waals surface area contributed by atoms with Gasteiger partial charge in [-0.15, -0.1) is 0 Å². The van der Waals surface area contributed by atoms with E-state index in [1.165, 1.54) is 12.1 Å². The Hall–Kier alpha value is -1.46. The van der Waals surface area contributed by atoms with Gasteiger partial charge in [-0.1, -0.05) is 12.1 Å². The highest BCUT2D eigenvalue weighted by Crippen LogP contribution is 2.26. The zero-order valence-electron chi connectivity index (χ0n) is 10.9. The van der Waals surface area contributed by atoms with Crippen molar-refractivity contribution in [3.8, 4) is 0 Å². The van der Waals surface area contributed by atoms with Crippen LogP contribution in [0.25, 0.3) is 0 Å². The van der Waals surface area contributed by atoms with Crippen LogP contribution in [0.4, 0.5) is 4.39 Å². The second kappa shape index (κ2) is 6.12. The molecule has 1 heterocycles. The van der Waals surface area contributed by atoms with E-state index in [2.05, 4.69) is 4.90 Å². The van der Waals surface area contributed by atoms with Gasteiger partial charge in [0.1, 0.15) is 5.82 Å². The summed E-state index contributed by atoms with van der Waals surface area (Å²) in [5.74, 6) is -0.615. The minimum Gasteiger partial charge on any atom is -0.369 e. The zero-order valence-corrected chi connectivity index (χ0v) is 10.9. The van der Waals surface area contributed by atoms with Crippen LogP contribution in [0.5, 0.6) is 0 Å². The van der Waals surface area contributed by atoms with Gasteiger partial charge >= 0.3 is 0 Å². The van der Waals surface area contributed by atoms with Gasteiger partial charge in [0, 0.05) is 19.1 Å². The molecule has 1 aromatic rings. The van der Waals surface area contributed by atoms with Crippen LogP contribution in [0.15, 0.2) is 24.3 Å². The molecule has 104 valence electrons. The molecule has 1 fully saturated rings. The Labute approximate surface area is 112 Å². The van der Waals surface area contributed by atoms with E-state index in [0.717, 1.165) is 24.9 Å². The largest absolute Gasteiger partial charge is 0.369 e. The molecule has 2 rings (SSSR count). The number of hydrogen-bond acceptors (Lipinski definition) is 3. The van der Waals surface area contributed by atoms with Gasteiger partial charge < -0.3 is 11.5 Å². The van der Waals surface area contributed by atoms with Crippen LogP contribution < -0.4 is 11.5 Å². The summed E-state index contributed by atoms with van der Waals surface area (Å²) in [6, 6.07) is 6.39. The zero-order chi connectivity index (χ0) is 13.8. The fourth-order valence-electron chi connectivity index (χ4n) is 2.70. The van der Waals surface area contributed by atoms with Crippen LogP contribution in [0, 0.1) is 11.7 Å². The van der Waals surface area contributed by atoms with Crippen LogP contribution in [0.1, 0.15) is 24.4 Å². The van der Waals surface area contributed by atoms with E-state index < -0.39 is 0 Å². The third-order valence-electron chi connectivity index (χ3n) is 3.77. The lowest BCUT2D eigenvalue weighted by molar-refractivity contribution is -0.123. The number of hydrogen-bond donors (Lipinski definition) is 2. The number of benzene rings is 1. The molecular formula is C14H20FN3O. The standard InChI is InChI=1S/C14H20FN3O/c15-12-5-3-10(4-6-12)13(8-16)18-7-1-2-11(9-18)14(17)19/h3-6,11,13H,1-2,7-9,16H2,(H2,17,19). The Balaban J connectivity index is 2.12. The van der Waals surface area contributed by atoms with Gasteiger partial charge in [0.25, 0.3) is 0 Å². The normalized spacial score (nSPS) is 22.1. The molecule has 5 heteroatoms. The summed E-state index contributed by atoms with van der Waals surface area (Å²) in [5, 5.41) is 0. The summed E-state index contributed by atoms with van der Waals surface area (Å²) in [7, 11) is 0. The van der Waals surface area contributed by atoms with Crippen molar-refractivity contribution in [3.05, 3.63) is 35.6 Å². The van der Waals surface area contributed by atoms with Crippen LogP contribution in [0.2, 0.25) is 0 Å². The molecule has 0 radical (unpaired) electrons. The maximum absolute atomic E-state index is 13.0. The van der Waals surface area contributed by atoms with Crippen molar-refractivity contribution in [3.63, 3.8) is 0 Å². The number of amides is 1. The van der Waals surface area contributed by atoms with E-state index in [4.69, 9.17) is 11.5 Å². The molecule has 19 heavy (non-hydrogen) atoms. The van der Waals surface area contributed by atoms with Crippen molar-refractivity contribution in [1.29, 1.82) is 0 Å². The number of piperidine rings is 1. The van der Waals surface area contributed by atoms with Gasteiger partial charge in [-0.3, -0.25) is 9.69 Å². The molecule has 0 saturated carbocycles. The summed E-state index contributed by atoms with van der Waals surface area (Å²) in [6.45, 7) is 1.97. The molecule has 4 N–H and O–H groups in total. The second-order valence-electron chi connectivity index (χ2n) is 5.04. The lowest BCUT2D eigenvalue weighted by atomic mass is 9.94. The van der Waals surface area contributed by atoms with E-state index in [0.29, 0.717) is 13.1 Å². The van der Waals surface area contributed by atoms with E-state index in [-0.39, 0.29) is 23.7 Å². The van der Waals surface area contributed by atoms with Crippen LogP contribution in [-0.4, -0.2) is 30.4 Å². The van der Waals surface area contributed by atoms with E-state index >= 15 is 0 Å². The van der Waals surface area contributed by atoms with Crippen LogP contribution >= 0.6 is 0 Å². The molecule has 1 aliphatic heterocycles. The number of rotatable bonds is 4. The average Bonchev–Trinajstić information content (AvgIpc) is 2.42. The lowest BCUT2D eigenvalue weighted by Crippen LogP contribution is -2.44. The predicted octanol–water partition coefficient (Wildman–Crippen LogP) is 1.02. The number of nitrogens with zero attached hydrogens (tertiary/aromatic N) is 1. The number of primary amides is 1. The summed E-state index contributed by atoms with van der Waals surface area (Å²) < 4.78 is 13.0. The van der Waals surface area contributed by atoms with Crippen molar-refractivity contribution in [2.45, 2.75) is 18.9 Å². The Morgan fingerprint density at radius 3 is 2.68 bits per heavy atom. The summed E-state index contributed by atoms with van der Waals surface area (Å²) >= 11 is 0. The van der Waals surface area contributed by atoms with Crippen molar-refractivity contribution in [1.82, 2.24) is 4.90 Å². The Morgan fingerprint density at radius 2 is 2.11 bits per heavy atom. The van der Waals surface area contributed by atoms with E-state index in [9.17, 15) is 9.18 Å². The minimum atomic E-state index is -0.256. The maximum Gasteiger partial charge on any atom is 0.221 e. The maximum atomic E-state index is 13.0. The Kier molecular flexibility index (Phi) is 4.50. The van der Waals surface area contributed by atoms with E-state index in [1.54, 1.807) is 12.1 Å². The Bertz CT molecular complexity index is 435. The topological polar surface area (TPSA) is 72.3 Å². The van der Waals surface area contributed by atoms with Crippen molar-refractivity contribution in [2.24, 2.45) is 17.4 Å². The van der Waals surface area contributed by atoms with Crippen LogP contribution in [-0.2, 0) is 4.79 Å². The number of likely N-dealkylation sites (tertiary alicyclic amines) is 1. The monoisotopic (exact) mass is 265 g/mol. The first-order valence-electron chi connectivity index (χ1n) is 6.60. The molecule has 1 amide bonds. The first-order chi connectivity index (χ1) is 9.11.